The summed E-state index contributed by atoms with van der Waals surface area (Å²) in [6, 6.07) is 16.6. The highest BCUT2D eigenvalue weighted by atomic mass is 16.5. The van der Waals surface area contributed by atoms with E-state index in [2.05, 4.69) is 10.3 Å². The Labute approximate surface area is 187 Å². The Bertz CT molecular complexity index is 1150. The van der Waals surface area contributed by atoms with Crippen LogP contribution in [0.1, 0.15) is 21.6 Å². The lowest BCUT2D eigenvalue weighted by atomic mass is 10.1. The van der Waals surface area contributed by atoms with Crippen LogP contribution in [0.3, 0.4) is 0 Å². The van der Waals surface area contributed by atoms with E-state index in [1.165, 1.54) is 0 Å². The lowest BCUT2D eigenvalue weighted by Crippen LogP contribution is -2.30. The zero-order valence-electron chi connectivity index (χ0n) is 18.5. The molecule has 0 unspecified atom stereocenters. The number of aromatic nitrogens is 1. The second-order valence-corrected chi connectivity index (χ2v) is 7.87. The molecule has 3 aromatic rings. The fourth-order valence-electron chi connectivity index (χ4n) is 3.89. The fourth-order valence-corrected chi connectivity index (χ4v) is 3.89. The van der Waals surface area contributed by atoms with Crippen molar-refractivity contribution in [3.63, 3.8) is 0 Å². The third kappa shape index (κ3) is 4.42. The van der Waals surface area contributed by atoms with Gasteiger partial charge >= 0.3 is 0 Å². The molecule has 7 nitrogen and oxygen atoms in total. The van der Waals surface area contributed by atoms with Crippen molar-refractivity contribution >= 4 is 28.9 Å². The molecule has 7 heteroatoms. The van der Waals surface area contributed by atoms with Crippen molar-refractivity contribution in [1.29, 1.82) is 0 Å². The number of ether oxygens (including phenoxy) is 1. The molecule has 2 amide bonds. The summed E-state index contributed by atoms with van der Waals surface area (Å²) in [7, 11) is 5.37. The Kier molecular flexibility index (Phi) is 6.07. The first-order valence-corrected chi connectivity index (χ1v) is 10.5. The molecular formula is C25H26N4O3. The molecule has 0 saturated heterocycles. The minimum Gasteiger partial charge on any atom is -0.497 e. The SMILES string of the molecule is COc1ccc(C(=O)Nc2ccc3c(c2)CCN3C(=O)Cc2ccccn2)c(N(C)C)c1. The Morgan fingerprint density at radius 3 is 2.69 bits per heavy atom. The Balaban J connectivity index is 1.50. The van der Waals surface area contributed by atoms with Crippen LogP contribution in [0.15, 0.2) is 60.8 Å². The minimum absolute atomic E-state index is 0.0214. The number of pyridine rings is 1. The number of fused-ring (bicyclic) bond motifs is 1. The number of anilines is 3. The van der Waals surface area contributed by atoms with Crippen LogP contribution in [-0.4, -0.2) is 44.5 Å². The van der Waals surface area contributed by atoms with Crippen LogP contribution in [0.25, 0.3) is 0 Å². The lowest BCUT2D eigenvalue weighted by Gasteiger charge is -2.19. The predicted octanol–water partition coefficient (Wildman–Crippen LogP) is 3.54. The molecule has 1 aliphatic heterocycles. The quantitative estimate of drug-likeness (QED) is 0.648. The molecule has 1 N–H and O–H groups in total. The molecule has 0 saturated carbocycles. The third-order valence-corrected chi connectivity index (χ3v) is 5.52. The van der Waals surface area contributed by atoms with Gasteiger partial charge in [0.1, 0.15) is 5.75 Å². The first kappa shape index (κ1) is 21.4. The number of nitrogens with one attached hydrogen (secondary N) is 1. The van der Waals surface area contributed by atoms with Crippen LogP contribution in [0.2, 0.25) is 0 Å². The molecule has 2 heterocycles. The lowest BCUT2D eigenvalue weighted by molar-refractivity contribution is -0.117. The van der Waals surface area contributed by atoms with Gasteiger partial charge in [-0.25, -0.2) is 0 Å². The molecule has 0 aliphatic carbocycles. The Hall–Kier alpha value is -3.87. The van der Waals surface area contributed by atoms with Gasteiger partial charge in [0, 0.05) is 50.0 Å². The molecular weight excluding hydrogens is 404 g/mol. The zero-order valence-corrected chi connectivity index (χ0v) is 18.5. The Morgan fingerprint density at radius 2 is 1.97 bits per heavy atom. The summed E-state index contributed by atoms with van der Waals surface area (Å²) in [5.41, 5.74) is 4.72. The van der Waals surface area contributed by atoms with E-state index in [-0.39, 0.29) is 18.2 Å². The molecule has 1 aliphatic rings. The highest BCUT2D eigenvalue weighted by Gasteiger charge is 2.25. The van der Waals surface area contributed by atoms with Gasteiger partial charge < -0.3 is 19.9 Å². The van der Waals surface area contributed by atoms with Crippen molar-refractivity contribution in [2.75, 3.05) is 42.9 Å². The summed E-state index contributed by atoms with van der Waals surface area (Å²) < 4.78 is 5.28. The van der Waals surface area contributed by atoms with Gasteiger partial charge in [0.2, 0.25) is 5.91 Å². The molecule has 2 aromatic carbocycles. The van der Waals surface area contributed by atoms with Crippen molar-refractivity contribution < 1.29 is 14.3 Å². The van der Waals surface area contributed by atoms with E-state index >= 15 is 0 Å². The number of benzene rings is 2. The van der Waals surface area contributed by atoms with Crippen LogP contribution in [0, 0.1) is 0 Å². The summed E-state index contributed by atoms with van der Waals surface area (Å²) >= 11 is 0. The van der Waals surface area contributed by atoms with Gasteiger partial charge in [-0.2, -0.15) is 0 Å². The molecule has 0 fully saturated rings. The van der Waals surface area contributed by atoms with Crippen molar-refractivity contribution in [3.8, 4) is 5.75 Å². The van der Waals surface area contributed by atoms with Gasteiger partial charge in [-0.05, 0) is 54.4 Å². The molecule has 1 aromatic heterocycles. The first-order chi connectivity index (χ1) is 15.5. The van der Waals surface area contributed by atoms with Gasteiger partial charge in [-0.15, -0.1) is 0 Å². The summed E-state index contributed by atoms with van der Waals surface area (Å²) in [5.74, 6) is 0.517. The smallest absolute Gasteiger partial charge is 0.257 e. The molecule has 0 radical (unpaired) electrons. The molecule has 0 atom stereocenters. The fraction of sp³-hybridized carbons (Fsp3) is 0.240. The van der Waals surface area contributed by atoms with Gasteiger partial charge in [0.15, 0.2) is 0 Å². The van der Waals surface area contributed by atoms with Gasteiger partial charge in [0.05, 0.1) is 24.8 Å². The number of hydrogen-bond donors (Lipinski definition) is 1. The van der Waals surface area contributed by atoms with Gasteiger partial charge in [0.25, 0.3) is 5.91 Å². The standard InChI is InChI=1S/C25H26N4O3/c1-28(2)23-16-20(32-3)8-9-21(23)25(31)27-19-7-10-22-17(14-19)11-13-29(22)24(30)15-18-6-4-5-12-26-18/h4-10,12,14,16H,11,13,15H2,1-3H3,(H,27,31). The van der Waals surface area contributed by atoms with E-state index in [4.69, 9.17) is 4.74 Å². The maximum absolute atomic E-state index is 13.0. The second-order valence-electron chi connectivity index (χ2n) is 7.87. The molecule has 0 spiro atoms. The molecule has 0 bridgehead atoms. The maximum Gasteiger partial charge on any atom is 0.257 e. The van der Waals surface area contributed by atoms with Crippen LogP contribution in [0.4, 0.5) is 17.1 Å². The summed E-state index contributed by atoms with van der Waals surface area (Å²) in [5, 5.41) is 2.98. The van der Waals surface area contributed by atoms with Crippen LogP contribution >= 0.6 is 0 Å². The zero-order chi connectivity index (χ0) is 22.7. The number of hydrogen-bond acceptors (Lipinski definition) is 5. The van der Waals surface area contributed by atoms with Crippen molar-refractivity contribution in [3.05, 3.63) is 77.6 Å². The first-order valence-electron chi connectivity index (χ1n) is 10.5. The molecule has 4 rings (SSSR count). The van der Waals surface area contributed by atoms with Crippen molar-refractivity contribution in [1.82, 2.24) is 4.98 Å². The normalized spacial score (nSPS) is 12.3. The Morgan fingerprint density at radius 1 is 1.12 bits per heavy atom. The number of rotatable bonds is 6. The second kappa shape index (κ2) is 9.09. The number of carbonyl (C=O) groups is 2. The minimum atomic E-state index is -0.197. The van der Waals surface area contributed by atoms with E-state index in [0.717, 1.165) is 29.1 Å². The van der Waals surface area contributed by atoms with Crippen LogP contribution in [-0.2, 0) is 17.6 Å². The predicted molar refractivity (Wildman–Crippen MR) is 126 cm³/mol. The summed E-state index contributed by atoms with van der Waals surface area (Å²) in [6.45, 7) is 0.627. The molecule has 32 heavy (non-hydrogen) atoms. The highest BCUT2D eigenvalue weighted by molar-refractivity contribution is 6.08. The highest BCUT2D eigenvalue weighted by Crippen LogP contribution is 2.32. The monoisotopic (exact) mass is 430 g/mol. The van der Waals surface area contributed by atoms with E-state index in [1.807, 2.05) is 61.5 Å². The maximum atomic E-state index is 13.0. The number of amides is 2. The average Bonchev–Trinajstić information content (AvgIpc) is 3.22. The van der Waals surface area contributed by atoms with Crippen molar-refractivity contribution in [2.24, 2.45) is 0 Å². The average molecular weight is 431 g/mol. The van der Waals surface area contributed by atoms with Gasteiger partial charge in [-0.1, -0.05) is 6.07 Å². The summed E-state index contributed by atoms with van der Waals surface area (Å²) in [6.07, 6.45) is 2.71. The largest absolute Gasteiger partial charge is 0.497 e. The third-order valence-electron chi connectivity index (χ3n) is 5.52. The van der Waals surface area contributed by atoms with E-state index in [0.29, 0.717) is 23.5 Å². The summed E-state index contributed by atoms with van der Waals surface area (Å²) in [4.78, 5) is 33.7. The number of carbonyl (C=O) groups excluding carboxylic acids is 2. The van der Waals surface area contributed by atoms with E-state index in [9.17, 15) is 9.59 Å². The van der Waals surface area contributed by atoms with Gasteiger partial charge in [-0.3, -0.25) is 14.6 Å². The molecule has 164 valence electrons. The van der Waals surface area contributed by atoms with E-state index < -0.39 is 0 Å². The van der Waals surface area contributed by atoms with Crippen LogP contribution < -0.4 is 19.9 Å². The van der Waals surface area contributed by atoms with Crippen LogP contribution in [0.5, 0.6) is 5.75 Å². The van der Waals surface area contributed by atoms with E-state index in [1.54, 1.807) is 30.3 Å². The number of methoxy groups -OCH3 is 1. The number of nitrogens with zero attached hydrogens (tertiary/aromatic N) is 3. The van der Waals surface area contributed by atoms with Crippen molar-refractivity contribution in [2.45, 2.75) is 12.8 Å². The topological polar surface area (TPSA) is 74.8 Å².